The third-order valence-electron chi connectivity index (χ3n) is 3.26. The molecule has 3 nitrogen and oxygen atoms in total. The van der Waals surface area contributed by atoms with Crippen molar-refractivity contribution in [3.63, 3.8) is 0 Å². The van der Waals surface area contributed by atoms with Crippen molar-refractivity contribution in [3.05, 3.63) is 12.2 Å². The molecule has 0 aromatic heterocycles. The van der Waals surface area contributed by atoms with Gasteiger partial charge in [-0.05, 0) is 37.4 Å². The highest BCUT2D eigenvalue weighted by Crippen LogP contribution is 2.39. The third kappa shape index (κ3) is 2.61. The molecule has 0 aromatic rings. The number of allylic oxidation sites excluding steroid dienone is 2. The molecule has 0 unspecified atom stereocenters. The summed E-state index contributed by atoms with van der Waals surface area (Å²) in [6.45, 7) is 3.10. The van der Waals surface area contributed by atoms with Gasteiger partial charge in [0.1, 0.15) is 0 Å². The van der Waals surface area contributed by atoms with Gasteiger partial charge >= 0.3 is 0 Å². The van der Waals surface area contributed by atoms with Crippen LogP contribution in [-0.2, 0) is 0 Å². The first-order valence-electron chi connectivity index (χ1n) is 6.08. The van der Waals surface area contributed by atoms with Crippen molar-refractivity contribution in [2.24, 2.45) is 16.9 Å². The lowest BCUT2D eigenvalue weighted by atomic mass is 9.74. The zero-order valence-electron chi connectivity index (χ0n) is 9.70. The highest BCUT2D eigenvalue weighted by molar-refractivity contribution is 7.80. The second-order valence-electron chi connectivity index (χ2n) is 4.48. The van der Waals surface area contributed by atoms with Crippen LogP contribution in [0.1, 0.15) is 32.6 Å². The maximum absolute atomic E-state index is 5.13. The van der Waals surface area contributed by atoms with Crippen LogP contribution in [0, 0.1) is 11.8 Å². The lowest BCUT2D eigenvalue weighted by Crippen LogP contribution is -2.38. The molecule has 4 heteroatoms. The Hall–Kier alpha value is -0.900. The molecule has 0 saturated heterocycles. The summed E-state index contributed by atoms with van der Waals surface area (Å²) in [5, 5.41) is 8.15. The summed E-state index contributed by atoms with van der Waals surface area (Å²) >= 11 is 5.13. The quantitative estimate of drug-likeness (QED) is 0.341. The summed E-state index contributed by atoms with van der Waals surface area (Å²) in [5.74, 6) is 1.41. The first kappa shape index (κ1) is 11.6. The highest BCUT2D eigenvalue weighted by atomic mass is 32.1. The standard InChI is InChI=1S/C12H19N3S/c1-2-3-7-13-12(16)15-14-11-8-9-5-4-6-10(9)11/h4,6,9-10H,2-3,5,7-8H2,1H3,(H2,13,15,16)/b14-11-/t9-,10+/m0/s1. The van der Waals surface area contributed by atoms with E-state index in [1.165, 1.54) is 18.6 Å². The van der Waals surface area contributed by atoms with Crippen LogP contribution in [0.3, 0.4) is 0 Å². The SMILES string of the molecule is CCCCNC(=S)N/N=C1/C[C@@H]2CC=C[C@@H]12. The molecule has 88 valence electrons. The Balaban J connectivity index is 1.69. The summed E-state index contributed by atoms with van der Waals surface area (Å²) in [6, 6.07) is 0. The number of nitrogens with zero attached hydrogens (tertiary/aromatic N) is 1. The average molecular weight is 237 g/mol. The van der Waals surface area contributed by atoms with E-state index in [9.17, 15) is 0 Å². The smallest absolute Gasteiger partial charge is 0.186 e. The van der Waals surface area contributed by atoms with Crippen LogP contribution in [0.4, 0.5) is 0 Å². The van der Waals surface area contributed by atoms with E-state index in [1.54, 1.807) is 0 Å². The summed E-state index contributed by atoms with van der Waals surface area (Å²) in [5.41, 5.74) is 4.18. The fourth-order valence-corrected chi connectivity index (χ4v) is 2.35. The fraction of sp³-hybridized carbons (Fsp3) is 0.667. The average Bonchev–Trinajstić information content (AvgIpc) is 2.61. The lowest BCUT2D eigenvalue weighted by Gasteiger charge is -2.31. The predicted molar refractivity (Wildman–Crippen MR) is 71.4 cm³/mol. The number of hydrogen-bond acceptors (Lipinski definition) is 2. The number of rotatable bonds is 4. The zero-order chi connectivity index (χ0) is 11.4. The van der Waals surface area contributed by atoms with Gasteiger partial charge in [-0.25, -0.2) is 0 Å². The maximum Gasteiger partial charge on any atom is 0.186 e. The first-order chi connectivity index (χ1) is 7.81. The van der Waals surface area contributed by atoms with E-state index < -0.39 is 0 Å². The number of unbranched alkanes of at least 4 members (excludes halogenated alkanes) is 1. The molecule has 2 aliphatic carbocycles. The van der Waals surface area contributed by atoms with Crippen LogP contribution < -0.4 is 10.7 Å². The second kappa shape index (κ2) is 5.43. The molecule has 2 aliphatic rings. The van der Waals surface area contributed by atoms with E-state index in [-0.39, 0.29) is 0 Å². The molecule has 2 rings (SSSR count). The fourth-order valence-electron chi connectivity index (χ4n) is 2.20. The van der Waals surface area contributed by atoms with Crippen molar-refractivity contribution < 1.29 is 0 Å². The van der Waals surface area contributed by atoms with Gasteiger partial charge in [-0.3, -0.25) is 5.43 Å². The molecule has 0 spiro atoms. The number of fused-ring (bicyclic) bond motifs is 1. The largest absolute Gasteiger partial charge is 0.361 e. The van der Waals surface area contributed by atoms with Gasteiger partial charge in [0, 0.05) is 18.2 Å². The van der Waals surface area contributed by atoms with E-state index in [1.807, 2.05) is 0 Å². The molecule has 1 fully saturated rings. The van der Waals surface area contributed by atoms with E-state index in [2.05, 4.69) is 34.9 Å². The van der Waals surface area contributed by atoms with Gasteiger partial charge in [0.05, 0.1) is 0 Å². The van der Waals surface area contributed by atoms with Crippen LogP contribution in [0.25, 0.3) is 0 Å². The molecular weight excluding hydrogens is 218 g/mol. The molecule has 16 heavy (non-hydrogen) atoms. The summed E-state index contributed by atoms with van der Waals surface area (Å²) in [6.07, 6.45) is 9.20. The van der Waals surface area contributed by atoms with Gasteiger partial charge in [-0.15, -0.1) is 0 Å². The predicted octanol–water partition coefficient (Wildman–Crippen LogP) is 2.20. The molecule has 2 N–H and O–H groups in total. The monoisotopic (exact) mass is 237 g/mol. The Labute approximate surface area is 102 Å². The van der Waals surface area contributed by atoms with Crippen molar-refractivity contribution in [2.75, 3.05) is 6.54 Å². The van der Waals surface area contributed by atoms with Crippen LogP contribution in [-0.4, -0.2) is 17.4 Å². The van der Waals surface area contributed by atoms with Gasteiger partial charge in [-0.1, -0.05) is 25.5 Å². The third-order valence-corrected chi connectivity index (χ3v) is 3.50. The molecule has 1 saturated carbocycles. The van der Waals surface area contributed by atoms with Gasteiger partial charge in [0.15, 0.2) is 5.11 Å². The summed E-state index contributed by atoms with van der Waals surface area (Å²) < 4.78 is 0. The van der Waals surface area contributed by atoms with Gasteiger partial charge < -0.3 is 5.32 Å². The summed E-state index contributed by atoms with van der Waals surface area (Å²) in [7, 11) is 0. The number of thiocarbonyl (C=S) groups is 1. The molecule has 0 aromatic carbocycles. The molecule has 0 heterocycles. The normalized spacial score (nSPS) is 28.7. The van der Waals surface area contributed by atoms with Gasteiger partial charge in [0.2, 0.25) is 0 Å². The van der Waals surface area contributed by atoms with Crippen LogP contribution in [0.2, 0.25) is 0 Å². The van der Waals surface area contributed by atoms with Crippen molar-refractivity contribution in [1.82, 2.24) is 10.7 Å². The van der Waals surface area contributed by atoms with Crippen LogP contribution in [0.15, 0.2) is 17.3 Å². The Morgan fingerprint density at radius 3 is 3.25 bits per heavy atom. The number of hydrogen-bond donors (Lipinski definition) is 2. The van der Waals surface area contributed by atoms with E-state index in [4.69, 9.17) is 12.2 Å². The molecular formula is C12H19N3S. The minimum Gasteiger partial charge on any atom is -0.361 e. The Bertz CT molecular complexity index is 322. The van der Waals surface area contributed by atoms with E-state index >= 15 is 0 Å². The second-order valence-corrected chi connectivity index (χ2v) is 4.89. The number of hydrazone groups is 1. The lowest BCUT2D eigenvalue weighted by molar-refractivity contribution is 0.444. The van der Waals surface area contributed by atoms with Crippen LogP contribution in [0.5, 0.6) is 0 Å². The Morgan fingerprint density at radius 1 is 1.62 bits per heavy atom. The van der Waals surface area contributed by atoms with Crippen molar-refractivity contribution >= 4 is 23.0 Å². The van der Waals surface area contributed by atoms with Crippen molar-refractivity contribution in [3.8, 4) is 0 Å². The summed E-state index contributed by atoms with van der Waals surface area (Å²) in [4.78, 5) is 0. The van der Waals surface area contributed by atoms with Crippen molar-refractivity contribution in [1.29, 1.82) is 0 Å². The maximum atomic E-state index is 5.13. The van der Waals surface area contributed by atoms with E-state index in [0.29, 0.717) is 11.0 Å². The van der Waals surface area contributed by atoms with Gasteiger partial charge in [0.25, 0.3) is 0 Å². The van der Waals surface area contributed by atoms with Crippen molar-refractivity contribution in [2.45, 2.75) is 32.6 Å². The van der Waals surface area contributed by atoms with E-state index in [0.717, 1.165) is 25.3 Å². The molecule has 0 radical (unpaired) electrons. The van der Waals surface area contributed by atoms with Gasteiger partial charge in [-0.2, -0.15) is 5.10 Å². The number of nitrogens with one attached hydrogen (secondary N) is 2. The minimum atomic E-state index is 0.589. The Morgan fingerprint density at radius 2 is 2.50 bits per heavy atom. The molecule has 2 atom stereocenters. The molecule has 0 bridgehead atoms. The minimum absolute atomic E-state index is 0.589. The highest BCUT2D eigenvalue weighted by Gasteiger charge is 2.37. The van der Waals surface area contributed by atoms with Crippen LogP contribution >= 0.6 is 12.2 Å². The first-order valence-corrected chi connectivity index (χ1v) is 6.49. The Kier molecular flexibility index (Phi) is 3.93. The molecule has 0 amide bonds. The zero-order valence-corrected chi connectivity index (χ0v) is 10.5. The molecule has 0 aliphatic heterocycles. The topological polar surface area (TPSA) is 36.4 Å².